The smallest absolute Gasteiger partial charge is 0.110 e. The molecule has 2 N–H and O–H groups in total. The summed E-state index contributed by atoms with van der Waals surface area (Å²) in [7, 11) is 0. The van der Waals surface area contributed by atoms with Crippen molar-refractivity contribution in [3.8, 4) is 0 Å². The Labute approximate surface area is 104 Å². The van der Waals surface area contributed by atoms with Crippen LogP contribution < -0.4 is 0 Å². The van der Waals surface area contributed by atoms with Gasteiger partial charge in [0, 0.05) is 0 Å². The van der Waals surface area contributed by atoms with Crippen LogP contribution in [-0.2, 0) is 0 Å². The molecular formula is C16H12O2. The van der Waals surface area contributed by atoms with E-state index in [-0.39, 0.29) is 0 Å². The molecule has 0 radical (unpaired) electrons. The van der Waals surface area contributed by atoms with E-state index in [1.54, 1.807) is 0 Å². The minimum atomic E-state index is -0.823. The van der Waals surface area contributed by atoms with Gasteiger partial charge in [-0.15, -0.1) is 0 Å². The molecule has 0 fully saturated rings. The van der Waals surface area contributed by atoms with Gasteiger partial charge < -0.3 is 10.2 Å². The Kier molecular flexibility index (Phi) is 1.85. The molecule has 0 saturated carbocycles. The van der Waals surface area contributed by atoms with Crippen molar-refractivity contribution in [2.24, 2.45) is 0 Å². The zero-order valence-electron chi connectivity index (χ0n) is 9.67. The molecule has 0 amide bonds. The first kappa shape index (κ1) is 10.1. The van der Waals surface area contributed by atoms with Crippen LogP contribution in [0, 0.1) is 0 Å². The molecule has 1 aliphatic carbocycles. The lowest BCUT2D eigenvalue weighted by Gasteiger charge is -2.11. The van der Waals surface area contributed by atoms with Crippen molar-refractivity contribution in [3.63, 3.8) is 0 Å². The summed E-state index contributed by atoms with van der Waals surface area (Å²) in [5, 5.41) is 24.6. The Bertz CT molecular complexity index is 776. The van der Waals surface area contributed by atoms with Crippen molar-refractivity contribution in [1.29, 1.82) is 0 Å². The van der Waals surface area contributed by atoms with Gasteiger partial charge in [0.15, 0.2) is 0 Å². The van der Waals surface area contributed by atoms with Crippen LogP contribution in [-0.4, -0.2) is 10.2 Å². The maximum absolute atomic E-state index is 10.3. The topological polar surface area (TPSA) is 40.5 Å². The first-order valence-corrected chi connectivity index (χ1v) is 6.08. The largest absolute Gasteiger partial charge is 0.385 e. The second kappa shape index (κ2) is 3.31. The molecule has 0 spiro atoms. The fraction of sp³-hybridized carbons (Fsp3) is 0.125. The molecule has 2 nitrogen and oxygen atoms in total. The molecule has 0 saturated heterocycles. The SMILES string of the molecule is O[C@@H]1c2c3ccccc3cc3cccc(c23)[C@@H]1O. The Morgan fingerprint density at radius 3 is 2.44 bits per heavy atom. The minimum Gasteiger partial charge on any atom is -0.385 e. The predicted octanol–water partition coefficient (Wildman–Crippen LogP) is 3.07. The van der Waals surface area contributed by atoms with Gasteiger partial charge in [-0.25, -0.2) is 0 Å². The van der Waals surface area contributed by atoms with E-state index in [1.165, 1.54) is 0 Å². The van der Waals surface area contributed by atoms with Gasteiger partial charge in [-0.1, -0.05) is 42.5 Å². The van der Waals surface area contributed by atoms with E-state index in [1.807, 2.05) is 42.5 Å². The van der Waals surface area contributed by atoms with Crippen molar-refractivity contribution < 1.29 is 10.2 Å². The van der Waals surface area contributed by atoms with E-state index in [9.17, 15) is 10.2 Å². The van der Waals surface area contributed by atoms with Crippen LogP contribution in [0.1, 0.15) is 23.3 Å². The molecule has 0 bridgehead atoms. The highest BCUT2D eigenvalue weighted by Gasteiger charge is 2.32. The summed E-state index contributed by atoms with van der Waals surface area (Å²) in [5.41, 5.74) is 1.70. The van der Waals surface area contributed by atoms with Crippen LogP contribution >= 0.6 is 0 Å². The zero-order chi connectivity index (χ0) is 12.3. The standard InChI is InChI=1S/C16H12O2/c17-15-12-7-3-5-10-8-9-4-1-2-6-11(9)14(13(10)12)16(15)18/h1-8,15-18H/t15-,16+/m0/s1. The monoisotopic (exact) mass is 236 g/mol. The first-order chi connectivity index (χ1) is 8.77. The lowest BCUT2D eigenvalue weighted by atomic mass is 9.97. The predicted molar refractivity (Wildman–Crippen MR) is 71.4 cm³/mol. The van der Waals surface area contributed by atoms with Crippen molar-refractivity contribution >= 4 is 21.5 Å². The number of hydrogen-bond acceptors (Lipinski definition) is 2. The van der Waals surface area contributed by atoms with Gasteiger partial charge in [0.2, 0.25) is 0 Å². The lowest BCUT2D eigenvalue weighted by Crippen LogP contribution is -2.02. The highest BCUT2D eigenvalue weighted by atomic mass is 16.3. The molecule has 0 heterocycles. The average molecular weight is 236 g/mol. The van der Waals surface area contributed by atoms with E-state index in [0.29, 0.717) is 0 Å². The maximum Gasteiger partial charge on any atom is 0.110 e. The molecule has 0 aromatic heterocycles. The van der Waals surface area contributed by atoms with Gasteiger partial charge in [0.05, 0.1) is 0 Å². The third kappa shape index (κ3) is 1.09. The van der Waals surface area contributed by atoms with Gasteiger partial charge in [-0.3, -0.25) is 0 Å². The molecule has 0 unspecified atom stereocenters. The van der Waals surface area contributed by atoms with Crippen LogP contribution in [0.2, 0.25) is 0 Å². The van der Waals surface area contributed by atoms with Gasteiger partial charge >= 0.3 is 0 Å². The quantitative estimate of drug-likeness (QED) is 0.589. The molecule has 88 valence electrons. The van der Waals surface area contributed by atoms with Crippen LogP contribution in [0.4, 0.5) is 0 Å². The Morgan fingerprint density at radius 2 is 1.56 bits per heavy atom. The molecule has 3 aromatic carbocycles. The summed E-state index contributed by atoms with van der Waals surface area (Å²) in [5.74, 6) is 0. The number of aliphatic hydroxyl groups excluding tert-OH is 2. The second-order valence-corrected chi connectivity index (χ2v) is 4.85. The van der Waals surface area contributed by atoms with Crippen LogP contribution in [0.25, 0.3) is 21.5 Å². The summed E-state index contributed by atoms with van der Waals surface area (Å²) in [6.45, 7) is 0. The summed E-state index contributed by atoms with van der Waals surface area (Å²) < 4.78 is 0. The number of aliphatic hydroxyl groups is 2. The minimum absolute atomic E-state index is 0.811. The average Bonchev–Trinajstić information content (AvgIpc) is 2.66. The van der Waals surface area contributed by atoms with Crippen molar-refractivity contribution in [2.75, 3.05) is 0 Å². The summed E-state index contributed by atoms with van der Waals surface area (Å²) in [6, 6.07) is 16.0. The fourth-order valence-electron chi connectivity index (χ4n) is 3.07. The van der Waals surface area contributed by atoms with Crippen molar-refractivity contribution in [1.82, 2.24) is 0 Å². The van der Waals surface area contributed by atoms with E-state index in [2.05, 4.69) is 6.07 Å². The summed E-state index contributed by atoms with van der Waals surface area (Å²) in [4.78, 5) is 0. The summed E-state index contributed by atoms with van der Waals surface area (Å²) in [6.07, 6.45) is -1.63. The van der Waals surface area contributed by atoms with E-state index in [4.69, 9.17) is 0 Å². The zero-order valence-corrected chi connectivity index (χ0v) is 9.67. The van der Waals surface area contributed by atoms with E-state index >= 15 is 0 Å². The molecular weight excluding hydrogens is 224 g/mol. The second-order valence-electron chi connectivity index (χ2n) is 4.85. The Hall–Kier alpha value is -1.90. The highest BCUT2D eigenvalue weighted by molar-refractivity contribution is 6.05. The number of benzene rings is 3. The Morgan fingerprint density at radius 1 is 0.778 bits per heavy atom. The first-order valence-electron chi connectivity index (χ1n) is 6.08. The normalized spacial score (nSPS) is 21.9. The molecule has 4 rings (SSSR count). The number of rotatable bonds is 0. The third-order valence-corrected chi connectivity index (χ3v) is 3.87. The molecule has 2 heteroatoms. The van der Waals surface area contributed by atoms with Crippen LogP contribution in [0.5, 0.6) is 0 Å². The summed E-state index contributed by atoms with van der Waals surface area (Å²) >= 11 is 0. The maximum atomic E-state index is 10.3. The molecule has 3 aromatic rings. The van der Waals surface area contributed by atoms with Crippen LogP contribution in [0.15, 0.2) is 48.5 Å². The number of fused-ring (bicyclic) bond motifs is 2. The van der Waals surface area contributed by atoms with E-state index in [0.717, 1.165) is 32.7 Å². The van der Waals surface area contributed by atoms with Crippen molar-refractivity contribution in [3.05, 3.63) is 59.7 Å². The molecule has 2 atom stereocenters. The molecule has 0 aliphatic heterocycles. The molecule has 18 heavy (non-hydrogen) atoms. The highest BCUT2D eigenvalue weighted by Crippen LogP contribution is 2.47. The van der Waals surface area contributed by atoms with Gasteiger partial charge in [-0.2, -0.15) is 0 Å². The van der Waals surface area contributed by atoms with Gasteiger partial charge in [-0.05, 0) is 38.7 Å². The number of hydrogen-bond donors (Lipinski definition) is 2. The third-order valence-electron chi connectivity index (χ3n) is 3.87. The molecule has 1 aliphatic rings. The van der Waals surface area contributed by atoms with Gasteiger partial charge in [0.1, 0.15) is 12.2 Å². The Balaban J connectivity index is 2.30. The van der Waals surface area contributed by atoms with Crippen LogP contribution in [0.3, 0.4) is 0 Å². The van der Waals surface area contributed by atoms with Gasteiger partial charge in [0.25, 0.3) is 0 Å². The van der Waals surface area contributed by atoms with Crippen molar-refractivity contribution in [2.45, 2.75) is 12.2 Å². The lowest BCUT2D eigenvalue weighted by molar-refractivity contribution is 0.0261. The fourth-order valence-corrected chi connectivity index (χ4v) is 3.07. The van der Waals surface area contributed by atoms with E-state index < -0.39 is 12.2 Å².